The summed E-state index contributed by atoms with van der Waals surface area (Å²) in [7, 11) is 0. The maximum absolute atomic E-state index is 11.7. The first-order valence-electron chi connectivity index (χ1n) is 6.62. The Hall–Kier alpha value is -0.570. The van der Waals surface area contributed by atoms with E-state index in [9.17, 15) is 4.79 Å². The van der Waals surface area contributed by atoms with Gasteiger partial charge >= 0.3 is 0 Å². The van der Waals surface area contributed by atoms with E-state index in [-0.39, 0.29) is 17.4 Å². The zero-order valence-corrected chi connectivity index (χ0v) is 12.0. The van der Waals surface area contributed by atoms with E-state index in [1.165, 1.54) is 6.42 Å². The second kappa shape index (κ2) is 4.97. The fourth-order valence-corrected chi connectivity index (χ4v) is 2.33. The predicted octanol–water partition coefficient (Wildman–Crippen LogP) is 2.30. The number of rotatable bonds is 5. The van der Waals surface area contributed by atoms with Crippen LogP contribution in [0.3, 0.4) is 0 Å². The van der Waals surface area contributed by atoms with Gasteiger partial charge in [0.25, 0.3) is 0 Å². The maximum Gasteiger partial charge on any atom is 0.221 e. The molecular weight excluding hydrogens is 212 g/mol. The first-order chi connectivity index (χ1) is 7.60. The van der Waals surface area contributed by atoms with Gasteiger partial charge in [-0.2, -0.15) is 0 Å². The Balaban J connectivity index is 2.17. The number of hydrogen-bond acceptors (Lipinski definition) is 2. The van der Waals surface area contributed by atoms with E-state index in [2.05, 4.69) is 39.9 Å². The molecule has 3 heteroatoms. The van der Waals surface area contributed by atoms with Gasteiger partial charge in [-0.1, -0.05) is 34.6 Å². The van der Waals surface area contributed by atoms with E-state index in [1.54, 1.807) is 0 Å². The van der Waals surface area contributed by atoms with Crippen molar-refractivity contribution in [3.63, 3.8) is 0 Å². The van der Waals surface area contributed by atoms with Gasteiger partial charge in [-0.3, -0.25) is 4.79 Å². The molecule has 0 radical (unpaired) electrons. The van der Waals surface area contributed by atoms with Crippen molar-refractivity contribution in [2.24, 2.45) is 22.5 Å². The highest BCUT2D eigenvalue weighted by Crippen LogP contribution is 2.50. The molecule has 17 heavy (non-hydrogen) atoms. The number of nitrogens with one attached hydrogen (secondary N) is 1. The van der Waals surface area contributed by atoms with Gasteiger partial charge in [-0.25, -0.2) is 0 Å². The number of amides is 1. The van der Waals surface area contributed by atoms with Crippen LogP contribution < -0.4 is 11.1 Å². The van der Waals surface area contributed by atoms with Crippen LogP contribution in [0.5, 0.6) is 0 Å². The van der Waals surface area contributed by atoms with E-state index < -0.39 is 0 Å². The highest BCUT2D eigenvalue weighted by atomic mass is 16.1. The summed E-state index contributed by atoms with van der Waals surface area (Å²) in [6.45, 7) is 11.8. The second-order valence-electron chi connectivity index (χ2n) is 7.42. The average Bonchev–Trinajstić information content (AvgIpc) is 2.67. The van der Waals surface area contributed by atoms with Crippen molar-refractivity contribution in [2.45, 2.75) is 59.9 Å². The van der Waals surface area contributed by atoms with Crippen molar-refractivity contribution in [2.75, 3.05) is 6.54 Å². The van der Waals surface area contributed by atoms with Crippen molar-refractivity contribution in [3.05, 3.63) is 0 Å². The molecule has 2 unspecified atom stereocenters. The van der Waals surface area contributed by atoms with Crippen LogP contribution >= 0.6 is 0 Å². The fraction of sp³-hybridized carbons (Fsp3) is 0.929. The predicted molar refractivity (Wildman–Crippen MR) is 71.6 cm³/mol. The van der Waals surface area contributed by atoms with Gasteiger partial charge in [0.1, 0.15) is 0 Å². The Kier molecular flexibility index (Phi) is 4.23. The van der Waals surface area contributed by atoms with Gasteiger partial charge in [0.05, 0.1) is 0 Å². The summed E-state index contributed by atoms with van der Waals surface area (Å²) in [4.78, 5) is 11.7. The van der Waals surface area contributed by atoms with E-state index in [0.717, 1.165) is 13.0 Å². The zero-order chi connectivity index (χ0) is 13.3. The van der Waals surface area contributed by atoms with Crippen molar-refractivity contribution in [1.29, 1.82) is 0 Å². The summed E-state index contributed by atoms with van der Waals surface area (Å²) < 4.78 is 0. The molecule has 0 bridgehead atoms. The Bertz CT molecular complexity index is 278. The van der Waals surface area contributed by atoms with Crippen LogP contribution in [0, 0.1) is 16.7 Å². The Morgan fingerprint density at radius 1 is 1.47 bits per heavy atom. The van der Waals surface area contributed by atoms with Crippen molar-refractivity contribution >= 4 is 5.91 Å². The highest BCUT2D eigenvalue weighted by molar-refractivity contribution is 5.76. The van der Waals surface area contributed by atoms with Crippen LogP contribution in [0.2, 0.25) is 0 Å². The van der Waals surface area contributed by atoms with Crippen LogP contribution in [-0.4, -0.2) is 18.5 Å². The van der Waals surface area contributed by atoms with E-state index in [1.807, 2.05) is 0 Å². The number of nitrogens with two attached hydrogens (primary N) is 1. The lowest BCUT2D eigenvalue weighted by molar-refractivity contribution is -0.121. The van der Waals surface area contributed by atoms with Crippen LogP contribution in [0.4, 0.5) is 0 Å². The summed E-state index contributed by atoms with van der Waals surface area (Å²) in [5.74, 6) is 0.759. The fourth-order valence-electron chi connectivity index (χ4n) is 2.33. The molecule has 1 amide bonds. The lowest BCUT2D eigenvalue weighted by Gasteiger charge is -2.22. The van der Waals surface area contributed by atoms with Gasteiger partial charge in [0, 0.05) is 19.0 Å². The summed E-state index contributed by atoms with van der Waals surface area (Å²) in [6, 6.07) is -0.0257. The molecule has 0 heterocycles. The van der Waals surface area contributed by atoms with Crippen LogP contribution in [-0.2, 0) is 4.79 Å². The van der Waals surface area contributed by atoms with Gasteiger partial charge in [-0.15, -0.1) is 0 Å². The summed E-state index contributed by atoms with van der Waals surface area (Å²) >= 11 is 0. The van der Waals surface area contributed by atoms with Gasteiger partial charge in [0.15, 0.2) is 0 Å². The Labute approximate surface area is 106 Å². The lowest BCUT2D eigenvalue weighted by Crippen LogP contribution is -2.35. The van der Waals surface area contributed by atoms with Crippen LogP contribution in [0.25, 0.3) is 0 Å². The molecule has 1 aliphatic rings. The molecule has 100 valence electrons. The number of carbonyl (C=O) groups is 1. The average molecular weight is 240 g/mol. The van der Waals surface area contributed by atoms with Gasteiger partial charge in [0.2, 0.25) is 5.91 Å². The van der Waals surface area contributed by atoms with Crippen LogP contribution in [0.1, 0.15) is 53.9 Å². The second-order valence-corrected chi connectivity index (χ2v) is 7.42. The van der Waals surface area contributed by atoms with Crippen molar-refractivity contribution in [3.8, 4) is 0 Å². The third kappa shape index (κ3) is 5.53. The standard InChI is InChI=1S/C14H28N2O/c1-13(2,3)8-11(15)6-12(17)16-9-10-7-14(10,4)5/h10-11H,6-9,15H2,1-5H3,(H,16,17). The van der Waals surface area contributed by atoms with E-state index in [4.69, 9.17) is 5.73 Å². The molecule has 0 aromatic carbocycles. The molecule has 2 atom stereocenters. The minimum atomic E-state index is -0.0257. The third-order valence-corrected chi connectivity index (χ3v) is 3.59. The lowest BCUT2D eigenvalue weighted by atomic mass is 9.87. The largest absolute Gasteiger partial charge is 0.356 e. The monoisotopic (exact) mass is 240 g/mol. The summed E-state index contributed by atoms with van der Waals surface area (Å²) in [5, 5.41) is 3.00. The number of carbonyl (C=O) groups excluding carboxylic acids is 1. The molecule has 0 aliphatic heterocycles. The van der Waals surface area contributed by atoms with Gasteiger partial charge < -0.3 is 11.1 Å². The third-order valence-electron chi connectivity index (χ3n) is 3.59. The van der Waals surface area contributed by atoms with Crippen molar-refractivity contribution in [1.82, 2.24) is 5.32 Å². The molecule has 0 aromatic heterocycles. The maximum atomic E-state index is 11.7. The summed E-state index contributed by atoms with van der Waals surface area (Å²) in [6.07, 6.45) is 2.56. The Morgan fingerprint density at radius 3 is 2.41 bits per heavy atom. The minimum absolute atomic E-state index is 0.0257. The van der Waals surface area contributed by atoms with Gasteiger partial charge in [-0.05, 0) is 29.6 Å². The smallest absolute Gasteiger partial charge is 0.221 e. The highest BCUT2D eigenvalue weighted by Gasteiger charge is 2.45. The van der Waals surface area contributed by atoms with E-state index >= 15 is 0 Å². The molecule has 1 fully saturated rings. The summed E-state index contributed by atoms with van der Waals surface area (Å²) in [5.41, 5.74) is 6.60. The van der Waals surface area contributed by atoms with Crippen LogP contribution in [0.15, 0.2) is 0 Å². The quantitative estimate of drug-likeness (QED) is 0.774. The molecule has 3 N–H and O–H groups in total. The SMILES string of the molecule is CC(C)(C)CC(N)CC(=O)NCC1CC1(C)C. The molecule has 1 rings (SSSR count). The molecule has 1 aliphatic carbocycles. The normalized spacial score (nSPS) is 24.2. The molecule has 1 saturated carbocycles. The molecule has 0 saturated heterocycles. The minimum Gasteiger partial charge on any atom is -0.356 e. The first kappa shape index (κ1) is 14.5. The topological polar surface area (TPSA) is 55.1 Å². The van der Waals surface area contributed by atoms with Crippen molar-refractivity contribution < 1.29 is 4.79 Å². The number of hydrogen-bond donors (Lipinski definition) is 2. The Morgan fingerprint density at radius 2 is 2.00 bits per heavy atom. The molecule has 0 aromatic rings. The molecule has 0 spiro atoms. The molecule has 3 nitrogen and oxygen atoms in total. The zero-order valence-electron chi connectivity index (χ0n) is 12.0. The molecular formula is C14H28N2O. The van der Waals surface area contributed by atoms with E-state index in [0.29, 0.717) is 17.8 Å². The first-order valence-corrected chi connectivity index (χ1v) is 6.62.